The van der Waals surface area contributed by atoms with Gasteiger partial charge >= 0.3 is 5.97 Å². The van der Waals surface area contributed by atoms with Gasteiger partial charge in [-0.25, -0.2) is 0 Å². The van der Waals surface area contributed by atoms with Crippen LogP contribution in [-0.4, -0.2) is 204 Å². The third kappa shape index (κ3) is 13.2. The van der Waals surface area contributed by atoms with Gasteiger partial charge < -0.3 is 68.6 Å². The van der Waals surface area contributed by atoms with Crippen molar-refractivity contribution in [1.29, 1.82) is 0 Å². The lowest BCUT2D eigenvalue weighted by Gasteiger charge is -2.49. The van der Waals surface area contributed by atoms with Crippen molar-refractivity contribution in [2.45, 2.75) is 179 Å². The molecule has 0 unspecified atom stereocenters. The van der Waals surface area contributed by atoms with Crippen LogP contribution >= 0.6 is 0 Å². The summed E-state index contributed by atoms with van der Waals surface area (Å²) in [5, 5.41) is 64.3. The van der Waals surface area contributed by atoms with Gasteiger partial charge in [-0.05, 0) is 88.0 Å². The number of aliphatic hydroxyl groups excluding tert-OH is 3. The van der Waals surface area contributed by atoms with Crippen molar-refractivity contribution >= 4 is 11.7 Å². The maximum absolute atomic E-state index is 14.4. The lowest BCUT2D eigenvalue weighted by molar-refractivity contribution is -0.317. The second-order valence-corrected chi connectivity index (χ2v) is 20.0. The Morgan fingerprint density at radius 2 is 1.56 bits per heavy atom. The summed E-state index contributed by atoms with van der Waals surface area (Å²) in [5.41, 5.74) is -4.37. The Kier molecular flexibility index (Phi) is 19.4. The van der Waals surface area contributed by atoms with E-state index in [0.29, 0.717) is 12.1 Å². The molecule has 63 heavy (non-hydrogen) atoms. The number of oxime groups is 1. The number of likely N-dealkylation sites (N-methyl/N-ethyl adjacent to an activating group) is 2. The summed E-state index contributed by atoms with van der Waals surface area (Å²) >= 11 is 0. The molecule has 4 heterocycles. The topological polar surface area (TPSA) is 205 Å². The number of carbonyl (C=O) groups is 1. The predicted molar refractivity (Wildman–Crippen MR) is 238 cm³/mol. The number of carbonyl (C=O) groups excluding carboxylic acids is 1. The molecule has 4 rings (SSSR count). The molecule has 18 atom stereocenters. The molecule has 4 fully saturated rings. The van der Waals surface area contributed by atoms with Crippen LogP contribution in [0.3, 0.4) is 0 Å². The average molecular weight is 901 g/mol. The van der Waals surface area contributed by atoms with Gasteiger partial charge in [0.1, 0.15) is 30.5 Å². The van der Waals surface area contributed by atoms with E-state index in [2.05, 4.69) is 22.0 Å². The van der Waals surface area contributed by atoms with Gasteiger partial charge in [-0.1, -0.05) is 38.9 Å². The second kappa shape index (κ2) is 22.8. The molecule has 0 radical (unpaired) electrons. The van der Waals surface area contributed by atoms with Gasteiger partial charge in [-0.15, -0.1) is 0 Å². The van der Waals surface area contributed by atoms with Crippen LogP contribution in [0.5, 0.6) is 0 Å². The van der Waals surface area contributed by atoms with E-state index in [9.17, 15) is 30.3 Å². The summed E-state index contributed by atoms with van der Waals surface area (Å²) in [5.74, 6) is -4.01. The van der Waals surface area contributed by atoms with E-state index in [1.54, 1.807) is 48.5 Å². The molecular weight excluding hydrogens is 817 g/mol. The summed E-state index contributed by atoms with van der Waals surface area (Å²) in [6.45, 7) is 22.1. The van der Waals surface area contributed by atoms with Crippen LogP contribution in [0.2, 0.25) is 0 Å². The molecule has 0 aliphatic carbocycles. The first-order chi connectivity index (χ1) is 29.4. The molecule has 0 bridgehead atoms. The Balaban J connectivity index is 1.79. The fraction of sp³-hybridized carbons (Fsp3) is 0.913. The average Bonchev–Trinajstić information content (AvgIpc) is 3.22. The van der Waals surface area contributed by atoms with E-state index in [-0.39, 0.29) is 38.0 Å². The molecule has 0 aromatic heterocycles. The molecule has 4 aliphatic rings. The third-order valence-electron chi connectivity index (χ3n) is 14.3. The fourth-order valence-electron chi connectivity index (χ4n) is 10.1. The molecule has 17 heteroatoms. The Morgan fingerprint density at radius 1 is 0.905 bits per heavy atom. The zero-order valence-electron chi connectivity index (χ0n) is 40.7. The molecule has 17 nitrogen and oxygen atoms in total. The number of nitrogens with zero attached hydrogens (tertiary/aromatic N) is 4. The molecular formula is C46H84N4O13. The summed E-state index contributed by atoms with van der Waals surface area (Å²) in [6, 6.07) is -0.319. The molecule has 0 aromatic rings. The zero-order valence-corrected chi connectivity index (χ0v) is 40.7. The molecule has 0 saturated carbocycles. The second-order valence-electron chi connectivity index (χ2n) is 20.0. The van der Waals surface area contributed by atoms with Crippen molar-refractivity contribution in [1.82, 2.24) is 14.7 Å². The molecule has 0 amide bonds. The SMILES string of the molecule is CC[C@H]1OC(=O)[C@H](C)[C@@H](O[C@H]2C[C@@](C)(OC)[C@@H](O)[C@H](C)O2)[C@H](C)[C@@H](O[C@@H]2O[C@H](C)C[C@H](N(C)C)[C@H]2O)[C@@](C)(O)C[C@@H](C)/C(=N\OC/C=C/CN2CCN(C)CC2)[C@H](C)[C@@H](O)[C@]1(C)O. The predicted octanol–water partition coefficient (Wildman–Crippen LogP) is 2.39. The van der Waals surface area contributed by atoms with Crippen molar-refractivity contribution in [3.05, 3.63) is 12.2 Å². The maximum atomic E-state index is 14.4. The molecule has 5 N–H and O–H groups in total. The van der Waals surface area contributed by atoms with Gasteiger partial charge in [-0.3, -0.25) is 9.69 Å². The summed E-state index contributed by atoms with van der Waals surface area (Å²) < 4.78 is 37.9. The smallest absolute Gasteiger partial charge is 0.311 e. The van der Waals surface area contributed by atoms with E-state index in [1.165, 1.54) is 14.0 Å². The van der Waals surface area contributed by atoms with E-state index < -0.39 is 102 Å². The van der Waals surface area contributed by atoms with Crippen LogP contribution in [0.25, 0.3) is 0 Å². The lowest BCUT2D eigenvalue weighted by atomic mass is 9.73. The van der Waals surface area contributed by atoms with Gasteiger partial charge in [0.25, 0.3) is 0 Å². The Bertz CT molecular complexity index is 1490. The minimum Gasteiger partial charge on any atom is -0.459 e. The first-order valence-corrected chi connectivity index (χ1v) is 23.2. The zero-order chi connectivity index (χ0) is 47.2. The highest BCUT2D eigenvalue weighted by atomic mass is 16.7. The van der Waals surface area contributed by atoms with Gasteiger partial charge in [0, 0.05) is 70.0 Å². The number of methoxy groups -OCH3 is 1. The number of cyclic esters (lactones) is 1. The van der Waals surface area contributed by atoms with Crippen molar-refractivity contribution in [3.63, 3.8) is 0 Å². The Labute approximate surface area is 377 Å². The van der Waals surface area contributed by atoms with Crippen molar-refractivity contribution in [2.75, 3.05) is 67.6 Å². The largest absolute Gasteiger partial charge is 0.459 e. The summed E-state index contributed by atoms with van der Waals surface area (Å²) in [4.78, 5) is 26.9. The molecule has 0 spiro atoms. The molecule has 0 aromatic carbocycles. The van der Waals surface area contributed by atoms with Gasteiger partial charge in [0.2, 0.25) is 0 Å². The number of esters is 1. The van der Waals surface area contributed by atoms with Crippen LogP contribution in [0.4, 0.5) is 0 Å². The minimum atomic E-state index is -1.95. The first-order valence-electron chi connectivity index (χ1n) is 23.2. The number of hydrogen-bond acceptors (Lipinski definition) is 17. The van der Waals surface area contributed by atoms with Crippen LogP contribution in [0.1, 0.15) is 94.9 Å². The van der Waals surface area contributed by atoms with Gasteiger partial charge in [0.05, 0.1) is 53.4 Å². The normalized spacial score (nSPS) is 45.4. The third-order valence-corrected chi connectivity index (χ3v) is 14.3. The first kappa shape index (κ1) is 53.8. The highest BCUT2D eigenvalue weighted by Crippen LogP contribution is 2.41. The Morgan fingerprint density at radius 3 is 2.16 bits per heavy atom. The van der Waals surface area contributed by atoms with E-state index in [0.717, 1.165) is 32.7 Å². The number of piperazine rings is 1. The van der Waals surface area contributed by atoms with Gasteiger partial charge in [-0.2, -0.15) is 0 Å². The highest BCUT2D eigenvalue weighted by Gasteiger charge is 2.53. The van der Waals surface area contributed by atoms with Gasteiger partial charge in [0.15, 0.2) is 12.6 Å². The fourth-order valence-corrected chi connectivity index (χ4v) is 10.1. The van der Waals surface area contributed by atoms with E-state index >= 15 is 0 Å². The van der Waals surface area contributed by atoms with Crippen molar-refractivity contribution in [3.8, 4) is 0 Å². The van der Waals surface area contributed by atoms with Crippen LogP contribution in [0, 0.1) is 23.7 Å². The van der Waals surface area contributed by atoms with Crippen LogP contribution < -0.4 is 0 Å². The maximum Gasteiger partial charge on any atom is 0.311 e. The number of rotatable bonds is 12. The van der Waals surface area contributed by atoms with Crippen molar-refractivity contribution < 1.29 is 63.6 Å². The number of aliphatic hydroxyl groups is 5. The van der Waals surface area contributed by atoms with Crippen molar-refractivity contribution in [2.24, 2.45) is 28.8 Å². The van der Waals surface area contributed by atoms with E-state index in [1.807, 2.05) is 45.0 Å². The van der Waals surface area contributed by atoms with Crippen LogP contribution in [0.15, 0.2) is 17.3 Å². The number of ether oxygens (including phenoxy) is 6. The van der Waals surface area contributed by atoms with Crippen LogP contribution in [-0.2, 0) is 38.1 Å². The summed E-state index contributed by atoms with van der Waals surface area (Å²) in [6.07, 6.45) is -5.35. The summed E-state index contributed by atoms with van der Waals surface area (Å²) in [7, 11) is 7.37. The van der Waals surface area contributed by atoms with E-state index in [4.69, 9.17) is 33.3 Å². The Hall–Kier alpha value is -1.84. The monoisotopic (exact) mass is 901 g/mol. The number of hydrogen-bond donors (Lipinski definition) is 5. The molecule has 4 saturated heterocycles. The minimum absolute atomic E-state index is 0.00574. The molecule has 366 valence electrons. The lowest BCUT2D eigenvalue weighted by Crippen LogP contribution is -2.61. The molecule has 4 aliphatic heterocycles. The highest BCUT2D eigenvalue weighted by molar-refractivity contribution is 5.88. The quantitative estimate of drug-likeness (QED) is 0.0826. The standard InChI is InChI=1S/C46H84N4O13/c1-15-34-46(10,56)39(52)29(4)36(47-58-23-17-16-18-50-21-19-49(13)20-22-50)27(2)25-44(8,55)41(63-43-37(51)33(48(11)12)24-28(3)59-43)30(5)38(31(6)42(54)61-34)62-35-26-45(9,57-14)40(53)32(7)60-35/h16-17,27-35,37-41,43,51-53,55-56H,15,18-26H2,1-14H3/b17-16+,47-36+/t27-,28-,29+,30+,31-,32+,33+,34-,35+,37-,38+,39-,40+,41-,43+,44+,45-,46-/m1/s1.